The number of carbonyl (C=O) groups excluding carboxylic acids is 1. The van der Waals surface area contributed by atoms with Crippen LogP contribution >= 0.6 is 0 Å². The van der Waals surface area contributed by atoms with Crippen molar-refractivity contribution in [2.24, 2.45) is 5.92 Å². The summed E-state index contributed by atoms with van der Waals surface area (Å²) >= 11 is 0. The molecule has 1 atom stereocenters. The summed E-state index contributed by atoms with van der Waals surface area (Å²) in [6.07, 6.45) is 4.04. The van der Waals surface area contributed by atoms with Crippen molar-refractivity contribution in [2.45, 2.75) is 58.1 Å². The third-order valence-corrected chi connectivity index (χ3v) is 5.69. The summed E-state index contributed by atoms with van der Waals surface area (Å²) < 4.78 is 16.7. The number of hydrogen-bond acceptors (Lipinski definition) is 4. The van der Waals surface area contributed by atoms with Gasteiger partial charge in [-0.05, 0) is 58.9 Å². The number of nitrogens with one attached hydrogen (secondary N) is 1. The maximum Gasteiger partial charge on any atom is 0.410 e. The normalized spacial score (nSPS) is 29.6. The van der Waals surface area contributed by atoms with E-state index in [1.54, 1.807) is 0 Å². The van der Waals surface area contributed by atoms with Gasteiger partial charge in [0.25, 0.3) is 0 Å². The molecular weight excluding hydrogens is 300 g/mol. The van der Waals surface area contributed by atoms with Gasteiger partial charge in [-0.25, -0.2) is 4.79 Å². The minimum atomic E-state index is -0.585. The number of ether oxygens (including phenoxy) is 1. The first-order valence-corrected chi connectivity index (χ1v) is 9.88. The molecule has 128 valence electrons. The van der Waals surface area contributed by atoms with E-state index in [0.717, 1.165) is 56.8 Å². The van der Waals surface area contributed by atoms with Gasteiger partial charge >= 0.3 is 6.09 Å². The highest BCUT2D eigenvalue weighted by Crippen LogP contribution is 2.21. The Hall–Kier alpha value is -0.620. The second-order valence-electron chi connectivity index (χ2n) is 7.45. The molecule has 0 spiro atoms. The van der Waals surface area contributed by atoms with Gasteiger partial charge in [0.05, 0.1) is 0 Å². The lowest BCUT2D eigenvalue weighted by Gasteiger charge is -2.25. The van der Waals surface area contributed by atoms with Crippen molar-refractivity contribution in [1.82, 2.24) is 10.2 Å². The Kier molecular flexibility index (Phi) is 6.26. The van der Waals surface area contributed by atoms with Gasteiger partial charge in [0.2, 0.25) is 0 Å². The lowest BCUT2D eigenvalue weighted by molar-refractivity contribution is 0.0287. The smallest absolute Gasteiger partial charge is 0.410 e. The molecule has 0 saturated carbocycles. The summed E-state index contributed by atoms with van der Waals surface area (Å²) in [7, 11) is -0.585. The number of amides is 1. The quantitative estimate of drug-likeness (QED) is 0.858. The average molecular weight is 330 g/mol. The standard InChI is InChI=1S/C16H30N2O3S/c1-16(2,3)21-15(19)18-9-5-13(12-18)4-8-17-14-6-10-22(20)11-7-14/h13-14,17H,4-12H2,1-3H3. The van der Waals surface area contributed by atoms with E-state index in [9.17, 15) is 9.00 Å². The van der Waals surface area contributed by atoms with E-state index in [0.29, 0.717) is 12.0 Å². The summed E-state index contributed by atoms with van der Waals surface area (Å²) in [4.78, 5) is 13.9. The molecule has 0 aromatic carbocycles. The fourth-order valence-electron chi connectivity index (χ4n) is 3.05. The van der Waals surface area contributed by atoms with Crippen LogP contribution in [0.2, 0.25) is 0 Å². The molecule has 0 aromatic rings. The van der Waals surface area contributed by atoms with E-state index in [1.165, 1.54) is 0 Å². The van der Waals surface area contributed by atoms with Gasteiger partial charge in [-0.2, -0.15) is 0 Å². The predicted molar refractivity (Wildman–Crippen MR) is 89.4 cm³/mol. The first kappa shape index (κ1) is 17.7. The van der Waals surface area contributed by atoms with Crippen LogP contribution in [0.25, 0.3) is 0 Å². The summed E-state index contributed by atoms with van der Waals surface area (Å²) in [5.41, 5.74) is -0.419. The van der Waals surface area contributed by atoms with Crippen LogP contribution in [0, 0.1) is 5.92 Å². The van der Waals surface area contributed by atoms with Crippen LogP contribution in [-0.4, -0.2) is 58.0 Å². The van der Waals surface area contributed by atoms with Crippen LogP contribution in [0.3, 0.4) is 0 Å². The molecule has 22 heavy (non-hydrogen) atoms. The zero-order chi connectivity index (χ0) is 16.2. The topological polar surface area (TPSA) is 58.6 Å². The number of likely N-dealkylation sites (tertiary alicyclic amines) is 1. The Balaban J connectivity index is 1.62. The Labute approximate surface area is 136 Å². The Bertz CT molecular complexity index is 399. The molecule has 5 nitrogen and oxygen atoms in total. The van der Waals surface area contributed by atoms with Crippen molar-refractivity contribution in [3.05, 3.63) is 0 Å². The van der Waals surface area contributed by atoms with Gasteiger partial charge in [0, 0.05) is 41.4 Å². The largest absolute Gasteiger partial charge is 0.444 e. The molecular formula is C16H30N2O3S. The number of carbonyl (C=O) groups is 1. The highest BCUT2D eigenvalue weighted by molar-refractivity contribution is 7.85. The molecule has 2 aliphatic rings. The Morgan fingerprint density at radius 2 is 1.95 bits per heavy atom. The number of nitrogens with zero attached hydrogens (tertiary/aromatic N) is 1. The van der Waals surface area contributed by atoms with Gasteiger partial charge in [-0.1, -0.05) is 0 Å². The molecule has 2 fully saturated rings. The first-order valence-electron chi connectivity index (χ1n) is 8.40. The zero-order valence-corrected chi connectivity index (χ0v) is 14.9. The highest BCUT2D eigenvalue weighted by atomic mass is 32.2. The van der Waals surface area contributed by atoms with E-state index in [2.05, 4.69) is 5.32 Å². The molecule has 0 bridgehead atoms. The van der Waals surface area contributed by atoms with E-state index < -0.39 is 16.4 Å². The Morgan fingerprint density at radius 3 is 2.59 bits per heavy atom. The summed E-state index contributed by atoms with van der Waals surface area (Å²) in [5.74, 6) is 2.25. The van der Waals surface area contributed by atoms with Gasteiger partial charge in [0.15, 0.2) is 0 Å². The van der Waals surface area contributed by atoms with Gasteiger partial charge in [-0.3, -0.25) is 4.21 Å². The van der Waals surface area contributed by atoms with Gasteiger partial charge < -0.3 is 15.0 Å². The van der Waals surface area contributed by atoms with Crippen molar-refractivity contribution in [1.29, 1.82) is 0 Å². The summed E-state index contributed by atoms with van der Waals surface area (Å²) in [6.45, 7) is 8.32. The zero-order valence-electron chi connectivity index (χ0n) is 14.1. The van der Waals surface area contributed by atoms with Crippen molar-refractivity contribution < 1.29 is 13.7 Å². The van der Waals surface area contributed by atoms with Crippen molar-refractivity contribution >= 4 is 16.9 Å². The van der Waals surface area contributed by atoms with Crippen LogP contribution in [0.1, 0.15) is 46.5 Å². The molecule has 0 radical (unpaired) electrons. The van der Waals surface area contributed by atoms with Crippen LogP contribution < -0.4 is 5.32 Å². The minimum absolute atomic E-state index is 0.183. The first-order chi connectivity index (χ1) is 10.3. The van der Waals surface area contributed by atoms with Gasteiger partial charge in [0.1, 0.15) is 5.60 Å². The monoisotopic (exact) mass is 330 g/mol. The lowest BCUT2D eigenvalue weighted by atomic mass is 10.0. The predicted octanol–water partition coefficient (Wildman–Crippen LogP) is 2.13. The lowest BCUT2D eigenvalue weighted by Crippen LogP contribution is -2.37. The fourth-order valence-corrected chi connectivity index (χ4v) is 4.35. The van der Waals surface area contributed by atoms with Crippen molar-refractivity contribution in [3.8, 4) is 0 Å². The Morgan fingerprint density at radius 1 is 1.27 bits per heavy atom. The molecule has 1 amide bonds. The summed E-state index contributed by atoms with van der Waals surface area (Å²) in [6, 6.07) is 0.529. The third kappa shape index (κ3) is 5.88. The number of hydrogen-bond donors (Lipinski definition) is 1. The van der Waals surface area contributed by atoms with Crippen LogP contribution in [0.5, 0.6) is 0 Å². The molecule has 2 heterocycles. The van der Waals surface area contributed by atoms with Crippen molar-refractivity contribution in [3.63, 3.8) is 0 Å². The van der Waals surface area contributed by atoms with Crippen LogP contribution in [-0.2, 0) is 15.5 Å². The molecule has 0 aliphatic carbocycles. The second kappa shape index (κ2) is 7.77. The molecule has 6 heteroatoms. The summed E-state index contributed by atoms with van der Waals surface area (Å²) in [5, 5.41) is 3.58. The second-order valence-corrected chi connectivity index (χ2v) is 9.14. The average Bonchev–Trinajstić information content (AvgIpc) is 2.88. The van der Waals surface area contributed by atoms with E-state index in [4.69, 9.17) is 4.74 Å². The van der Waals surface area contributed by atoms with E-state index >= 15 is 0 Å². The van der Waals surface area contributed by atoms with Gasteiger partial charge in [-0.15, -0.1) is 0 Å². The number of rotatable bonds is 4. The van der Waals surface area contributed by atoms with Crippen LogP contribution in [0.4, 0.5) is 4.79 Å². The maximum absolute atomic E-state index is 12.0. The van der Waals surface area contributed by atoms with E-state index in [-0.39, 0.29) is 6.09 Å². The van der Waals surface area contributed by atoms with Crippen LogP contribution in [0.15, 0.2) is 0 Å². The fraction of sp³-hybridized carbons (Fsp3) is 0.938. The molecule has 0 aromatic heterocycles. The van der Waals surface area contributed by atoms with Crippen molar-refractivity contribution in [2.75, 3.05) is 31.1 Å². The molecule has 2 saturated heterocycles. The molecule has 1 unspecified atom stereocenters. The third-order valence-electron chi connectivity index (χ3n) is 4.31. The highest BCUT2D eigenvalue weighted by Gasteiger charge is 2.29. The molecule has 1 N–H and O–H groups in total. The van der Waals surface area contributed by atoms with E-state index in [1.807, 2.05) is 25.7 Å². The molecule has 2 aliphatic heterocycles. The SMILES string of the molecule is CC(C)(C)OC(=O)N1CCC(CCNC2CCS(=O)CC2)C1. The molecule has 2 rings (SSSR count). The minimum Gasteiger partial charge on any atom is -0.444 e. The maximum atomic E-state index is 12.0.